The van der Waals surface area contributed by atoms with Crippen molar-refractivity contribution in [3.05, 3.63) is 24.2 Å². The summed E-state index contributed by atoms with van der Waals surface area (Å²) in [5.41, 5.74) is 7.83. The highest BCUT2D eigenvalue weighted by Gasteiger charge is 2.32. The number of fused-ring (bicyclic) bond motifs is 1. The van der Waals surface area contributed by atoms with Gasteiger partial charge in [-0.25, -0.2) is 9.97 Å². The Morgan fingerprint density at radius 2 is 2.06 bits per heavy atom. The van der Waals surface area contributed by atoms with Gasteiger partial charge in [-0.1, -0.05) is 13.8 Å². The summed E-state index contributed by atoms with van der Waals surface area (Å²) in [6.07, 6.45) is 3.77. The largest absolute Gasteiger partial charge is 0.329 e. The van der Waals surface area contributed by atoms with Crippen molar-refractivity contribution in [3.8, 4) is 0 Å². The van der Waals surface area contributed by atoms with Crippen LogP contribution in [-0.4, -0.2) is 21.1 Å². The van der Waals surface area contributed by atoms with Gasteiger partial charge in [0.25, 0.3) is 0 Å². The minimum atomic E-state index is -0.0323. The predicted molar refractivity (Wildman–Crippen MR) is 69.8 cm³/mol. The summed E-state index contributed by atoms with van der Waals surface area (Å²) >= 11 is 0. The van der Waals surface area contributed by atoms with Crippen molar-refractivity contribution in [2.75, 3.05) is 6.54 Å². The zero-order valence-corrected chi connectivity index (χ0v) is 10.8. The Labute approximate surface area is 102 Å². The molecule has 0 aliphatic carbocycles. The molecule has 4 nitrogen and oxygen atoms in total. The topological polar surface area (TPSA) is 56.7 Å². The summed E-state index contributed by atoms with van der Waals surface area (Å²) < 4.78 is 2.13. The van der Waals surface area contributed by atoms with Gasteiger partial charge in [-0.05, 0) is 25.0 Å². The van der Waals surface area contributed by atoms with Crippen molar-refractivity contribution < 1.29 is 0 Å². The zero-order chi connectivity index (χ0) is 12.5. The number of aryl methyl sites for hydroxylation is 1. The summed E-state index contributed by atoms with van der Waals surface area (Å²) in [6, 6.07) is 3.99. The second-order valence-electron chi connectivity index (χ2n) is 4.53. The molecule has 2 rings (SSSR count). The molecule has 0 atom stereocenters. The Hall–Kier alpha value is -1.42. The van der Waals surface area contributed by atoms with Crippen molar-refractivity contribution >= 4 is 11.2 Å². The second kappa shape index (κ2) is 4.45. The monoisotopic (exact) mass is 232 g/mol. The van der Waals surface area contributed by atoms with Crippen LogP contribution >= 0.6 is 0 Å². The van der Waals surface area contributed by atoms with Gasteiger partial charge in [-0.3, -0.25) is 0 Å². The van der Waals surface area contributed by atoms with Crippen molar-refractivity contribution in [1.29, 1.82) is 0 Å². The summed E-state index contributed by atoms with van der Waals surface area (Å²) in [4.78, 5) is 8.98. The SMILES string of the molecule is CCC(CC)(CN)c1nc2ncccc2n1C. The first-order valence-corrected chi connectivity index (χ1v) is 6.16. The molecule has 2 aromatic heterocycles. The van der Waals surface area contributed by atoms with Crippen LogP contribution < -0.4 is 5.73 Å². The first kappa shape index (κ1) is 12.0. The number of nitrogens with zero attached hydrogens (tertiary/aromatic N) is 3. The number of rotatable bonds is 4. The molecule has 0 aromatic carbocycles. The summed E-state index contributed by atoms with van der Waals surface area (Å²) in [6.45, 7) is 4.96. The summed E-state index contributed by atoms with van der Waals surface area (Å²) in [5.74, 6) is 1.05. The van der Waals surface area contributed by atoms with E-state index in [0.717, 1.165) is 29.8 Å². The molecule has 2 aromatic rings. The lowest BCUT2D eigenvalue weighted by molar-refractivity contribution is 0.374. The van der Waals surface area contributed by atoms with E-state index in [4.69, 9.17) is 5.73 Å². The average Bonchev–Trinajstić information content (AvgIpc) is 2.72. The molecule has 4 heteroatoms. The van der Waals surface area contributed by atoms with Crippen molar-refractivity contribution in [3.63, 3.8) is 0 Å². The Balaban J connectivity index is 2.65. The van der Waals surface area contributed by atoms with Crippen molar-refractivity contribution in [2.24, 2.45) is 12.8 Å². The Morgan fingerprint density at radius 3 is 2.59 bits per heavy atom. The van der Waals surface area contributed by atoms with Crippen LogP contribution in [0.25, 0.3) is 11.2 Å². The highest BCUT2D eigenvalue weighted by molar-refractivity contribution is 5.71. The number of pyridine rings is 1. The highest BCUT2D eigenvalue weighted by Crippen LogP contribution is 2.31. The standard InChI is InChI=1S/C13H20N4/c1-4-13(5-2,9-14)12-16-11-10(17(12)3)7-6-8-15-11/h6-8H,4-5,9,14H2,1-3H3. The number of imidazole rings is 1. The zero-order valence-electron chi connectivity index (χ0n) is 10.8. The van der Waals surface area contributed by atoms with Gasteiger partial charge in [0.1, 0.15) is 5.82 Å². The molecule has 92 valence electrons. The summed E-state index contributed by atoms with van der Waals surface area (Å²) in [7, 11) is 2.04. The third-order valence-electron chi connectivity index (χ3n) is 3.88. The van der Waals surface area contributed by atoms with E-state index in [9.17, 15) is 0 Å². The minimum Gasteiger partial charge on any atom is -0.329 e. The highest BCUT2D eigenvalue weighted by atomic mass is 15.1. The lowest BCUT2D eigenvalue weighted by Gasteiger charge is -2.29. The van der Waals surface area contributed by atoms with Crippen LogP contribution in [0.1, 0.15) is 32.5 Å². The second-order valence-corrected chi connectivity index (χ2v) is 4.53. The lowest BCUT2D eigenvalue weighted by Crippen LogP contribution is -2.36. The van der Waals surface area contributed by atoms with Crippen LogP contribution in [-0.2, 0) is 12.5 Å². The fraction of sp³-hybridized carbons (Fsp3) is 0.538. The lowest BCUT2D eigenvalue weighted by atomic mass is 9.81. The van der Waals surface area contributed by atoms with E-state index < -0.39 is 0 Å². The van der Waals surface area contributed by atoms with E-state index in [2.05, 4.69) is 28.4 Å². The normalized spacial score (nSPS) is 12.2. The van der Waals surface area contributed by atoms with E-state index in [1.54, 1.807) is 6.20 Å². The number of hydrogen-bond donors (Lipinski definition) is 1. The molecule has 0 saturated heterocycles. The Kier molecular flexibility index (Phi) is 3.15. The maximum absolute atomic E-state index is 5.98. The fourth-order valence-electron chi connectivity index (χ4n) is 2.45. The Bertz CT molecular complexity index is 503. The van der Waals surface area contributed by atoms with Gasteiger partial charge in [0.2, 0.25) is 0 Å². The van der Waals surface area contributed by atoms with Crippen molar-refractivity contribution in [2.45, 2.75) is 32.1 Å². The van der Waals surface area contributed by atoms with E-state index in [1.807, 2.05) is 19.2 Å². The molecule has 0 bridgehead atoms. The molecule has 2 heterocycles. The van der Waals surface area contributed by atoms with Gasteiger partial charge in [-0.15, -0.1) is 0 Å². The fourth-order valence-corrected chi connectivity index (χ4v) is 2.45. The summed E-state index contributed by atoms with van der Waals surface area (Å²) in [5, 5.41) is 0. The first-order valence-electron chi connectivity index (χ1n) is 6.16. The molecule has 0 unspecified atom stereocenters. The van der Waals surface area contributed by atoms with E-state index in [-0.39, 0.29) is 5.41 Å². The van der Waals surface area contributed by atoms with Gasteiger partial charge < -0.3 is 10.3 Å². The molecule has 0 radical (unpaired) electrons. The predicted octanol–water partition coefficient (Wildman–Crippen LogP) is 1.98. The first-order chi connectivity index (χ1) is 8.18. The smallest absolute Gasteiger partial charge is 0.177 e. The molecule has 0 amide bonds. The number of hydrogen-bond acceptors (Lipinski definition) is 3. The van der Waals surface area contributed by atoms with Gasteiger partial charge >= 0.3 is 0 Å². The Morgan fingerprint density at radius 1 is 1.35 bits per heavy atom. The molecule has 2 N–H and O–H groups in total. The van der Waals surface area contributed by atoms with Crippen LogP contribution in [0.4, 0.5) is 0 Å². The molecule has 17 heavy (non-hydrogen) atoms. The minimum absolute atomic E-state index is 0.0323. The van der Waals surface area contributed by atoms with E-state index >= 15 is 0 Å². The van der Waals surface area contributed by atoms with Gasteiger partial charge in [-0.2, -0.15) is 0 Å². The molecule has 0 saturated carbocycles. The van der Waals surface area contributed by atoms with Gasteiger partial charge in [0, 0.05) is 25.2 Å². The average molecular weight is 232 g/mol. The van der Waals surface area contributed by atoms with Crippen molar-refractivity contribution in [1.82, 2.24) is 14.5 Å². The molecular formula is C13H20N4. The van der Waals surface area contributed by atoms with E-state index in [0.29, 0.717) is 6.54 Å². The number of aromatic nitrogens is 3. The van der Waals surface area contributed by atoms with Crippen LogP contribution in [0.2, 0.25) is 0 Å². The molecule has 0 spiro atoms. The molecule has 0 fully saturated rings. The third kappa shape index (κ3) is 1.72. The van der Waals surface area contributed by atoms with Crippen LogP contribution in [0.5, 0.6) is 0 Å². The van der Waals surface area contributed by atoms with Gasteiger partial charge in [0.15, 0.2) is 5.65 Å². The molecule has 0 aliphatic rings. The third-order valence-corrected chi connectivity index (χ3v) is 3.88. The van der Waals surface area contributed by atoms with Crippen LogP contribution in [0, 0.1) is 0 Å². The number of nitrogens with two attached hydrogens (primary N) is 1. The maximum atomic E-state index is 5.98. The molecular weight excluding hydrogens is 212 g/mol. The molecule has 0 aliphatic heterocycles. The van der Waals surface area contributed by atoms with E-state index in [1.165, 1.54) is 0 Å². The van der Waals surface area contributed by atoms with Gasteiger partial charge in [0.05, 0.1) is 5.52 Å². The van der Waals surface area contributed by atoms with Crippen LogP contribution in [0.3, 0.4) is 0 Å². The maximum Gasteiger partial charge on any atom is 0.177 e. The van der Waals surface area contributed by atoms with Crippen LogP contribution in [0.15, 0.2) is 18.3 Å². The quantitative estimate of drug-likeness (QED) is 0.877.